The van der Waals surface area contributed by atoms with Gasteiger partial charge in [-0.1, -0.05) is 15.9 Å². The van der Waals surface area contributed by atoms with E-state index in [2.05, 4.69) is 45.3 Å². The van der Waals surface area contributed by atoms with Crippen LogP contribution < -0.4 is 10.1 Å². The monoisotopic (exact) mass is 312 g/mol. The van der Waals surface area contributed by atoms with Crippen LogP contribution in [-0.2, 0) is 6.54 Å². The molecule has 1 saturated heterocycles. The molecule has 2 rings (SSSR count). The molecule has 0 aliphatic carbocycles. The van der Waals surface area contributed by atoms with Gasteiger partial charge in [-0.15, -0.1) is 0 Å². The van der Waals surface area contributed by atoms with Gasteiger partial charge >= 0.3 is 0 Å². The van der Waals surface area contributed by atoms with Crippen molar-refractivity contribution in [2.75, 3.05) is 27.2 Å². The van der Waals surface area contributed by atoms with E-state index >= 15 is 0 Å². The lowest BCUT2D eigenvalue weighted by Gasteiger charge is -2.32. The molecule has 1 aliphatic heterocycles. The summed E-state index contributed by atoms with van der Waals surface area (Å²) in [4.78, 5) is 2.50. The van der Waals surface area contributed by atoms with E-state index in [1.54, 1.807) is 7.11 Å². The fraction of sp³-hybridized carbons (Fsp3) is 0.571. The Bertz CT molecular complexity index is 397. The standard InChI is InChI=1S/C14H21BrN2O/c1-16-12-4-3-7-17(10-12)9-11-8-13(18-2)5-6-14(11)15/h5-6,8,12,16H,3-4,7,9-10H2,1-2H3. The molecule has 0 aromatic heterocycles. The summed E-state index contributed by atoms with van der Waals surface area (Å²) in [5, 5.41) is 3.38. The van der Waals surface area contributed by atoms with Crippen LogP contribution in [0.1, 0.15) is 18.4 Å². The summed E-state index contributed by atoms with van der Waals surface area (Å²) in [6.07, 6.45) is 2.55. The molecule has 0 radical (unpaired) electrons. The van der Waals surface area contributed by atoms with Crippen LogP contribution in [0.4, 0.5) is 0 Å². The number of hydrogen-bond acceptors (Lipinski definition) is 3. The van der Waals surface area contributed by atoms with Crippen LogP contribution in [0.15, 0.2) is 22.7 Å². The van der Waals surface area contributed by atoms with Gasteiger partial charge in [0.25, 0.3) is 0 Å². The molecule has 1 heterocycles. The molecule has 1 N–H and O–H groups in total. The van der Waals surface area contributed by atoms with E-state index in [1.165, 1.54) is 24.9 Å². The number of halogens is 1. The van der Waals surface area contributed by atoms with E-state index < -0.39 is 0 Å². The second kappa shape index (κ2) is 6.55. The van der Waals surface area contributed by atoms with Gasteiger partial charge in [-0.05, 0) is 50.2 Å². The number of hydrogen-bond donors (Lipinski definition) is 1. The minimum atomic E-state index is 0.628. The minimum absolute atomic E-state index is 0.628. The van der Waals surface area contributed by atoms with Crippen LogP contribution in [0.3, 0.4) is 0 Å². The number of likely N-dealkylation sites (N-methyl/N-ethyl adjacent to an activating group) is 1. The molecular formula is C14H21BrN2O. The molecular weight excluding hydrogens is 292 g/mol. The fourth-order valence-corrected chi connectivity index (χ4v) is 2.85. The summed E-state index contributed by atoms with van der Waals surface area (Å²) in [6, 6.07) is 6.80. The Hall–Kier alpha value is -0.580. The first-order valence-electron chi connectivity index (χ1n) is 6.45. The van der Waals surface area contributed by atoms with Gasteiger partial charge in [0.1, 0.15) is 5.75 Å². The molecule has 100 valence electrons. The Kier molecular flexibility index (Phi) is 5.03. The van der Waals surface area contributed by atoms with Gasteiger partial charge < -0.3 is 10.1 Å². The maximum absolute atomic E-state index is 5.29. The molecule has 1 fully saturated rings. The summed E-state index contributed by atoms with van der Waals surface area (Å²) < 4.78 is 6.45. The smallest absolute Gasteiger partial charge is 0.119 e. The zero-order valence-corrected chi connectivity index (χ0v) is 12.7. The Morgan fingerprint density at radius 1 is 1.50 bits per heavy atom. The van der Waals surface area contributed by atoms with Gasteiger partial charge in [-0.25, -0.2) is 0 Å². The van der Waals surface area contributed by atoms with Crippen molar-refractivity contribution in [2.45, 2.75) is 25.4 Å². The molecule has 18 heavy (non-hydrogen) atoms. The van der Waals surface area contributed by atoms with Crippen molar-refractivity contribution in [3.05, 3.63) is 28.2 Å². The molecule has 1 aromatic rings. The molecule has 1 atom stereocenters. The van der Waals surface area contributed by atoms with Crippen LogP contribution in [-0.4, -0.2) is 38.2 Å². The summed E-state index contributed by atoms with van der Waals surface area (Å²) in [6.45, 7) is 3.29. The average molecular weight is 313 g/mol. The summed E-state index contributed by atoms with van der Waals surface area (Å²) in [5.41, 5.74) is 1.30. The number of rotatable bonds is 4. The second-order valence-electron chi connectivity index (χ2n) is 4.82. The van der Waals surface area contributed by atoms with E-state index in [-0.39, 0.29) is 0 Å². The number of nitrogens with zero attached hydrogens (tertiary/aromatic N) is 1. The Morgan fingerprint density at radius 2 is 2.33 bits per heavy atom. The van der Waals surface area contributed by atoms with Crippen molar-refractivity contribution in [3.63, 3.8) is 0 Å². The quantitative estimate of drug-likeness (QED) is 0.925. The molecule has 0 amide bonds. The third-order valence-electron chi connectivity index (χ3n) is 3.56. The lowest BCUT2D eigenvalue weighted by Crippen LogP contribution is -2.43. The van der Waals surface area contributed by atoms with Crippen molar-refractivity contribution in [3.8, 4) is 5.75 Å². The Morgan fingerprint density at radius 3 is 3.06 bits per heavy atom. The normalized spacial score (nSPS) is 20.9. The zero-order valence-electron chi connectivity index (χ0n) is 11.1. The summed E-state index contributed by atoms with van der Waals surface area (Å²) in [7, 11) is 3.76. The van der Waals surface area contributed by atoms with Crippen molar-refractivity contribution in [1.82, 2.24) is 10.2 Å². The Labute approximate surface area is 118 Å². The molecule has 0 saturated carbocycles. The third kappa shape index (κ3) is 3.46. The minimum Gasteiger partial charge on any atom is -0.497 e. The molecule has 1 aromatic carbocycles. The van der Waals surface area contributed by atoms with Crippen LogP contribution in [0.25, 0.3) is 0 Å². The number of piperidine rings is 1. The van der Waals surface area contributed by atoms with Gasteiger partial charge in [0.15, 0.2) is 0 Å². The highest BCUT2D eigenvalue weighted by molar-refractivity contribution is 9.10. The predicted molar refractivity (Wildman–Crippen MR) is 78.1 cm³/mol. The number of nitrogens with one attached hydrogen (secondary N) is 1. The van der Waals surface area contributed by atoms with Crippen molar-refractivity contribution < 1.29 is 4.74 Å². The lowest BCUT2D eigenvalue weighted by molar-refractivity contribution is 0.187. The highest BCUT2D eigenvalue weighted by Gasteiger charge is 2.19. The maximum Gasteiger partial charge on any atom is 0.119 e. The highest BCUT2D eigenvalue weighted by Crippen LogP contribution is 2.24. The Balaban J connectivity index is 2.04. The SMILES string of the molecule is CNC1CCCN(Cc2cc(OC)ccc2Br)C1. The largest absolute Gasteiger partial charge is 0.497 e. The molecule has 1 unspecified atom stereocenters. The molecule has 0 bridgehead atoms. The highest BCUT2D eigenvalue weighted by atomic mass is 79.9. The van der Waals surface area contributed by atoms with Crippen LogP contribution >= 0.6 is 15.9 Å². The van der Waals surface area contributed by atoms with Gasteiger partial charge in [-0.3, -0.25) is 4.90 Å². The van der Waals surface area contributed by atoms with Crippen LogP contribution in [0.5, 0.6) is 5.75 Å². The summed E-state index contributed by atoms with van der Waals surface area (Å²) >= 11 is 3.62. The second-order valence-corrected chi connectivity index (χ2v) is 5.67. The van der Waals surface area contributed by atoms with Gasteiger partial charge in [0, 0.05) is 23.6 Å². The number of likely N-dealkylation sites (tertiary alicyclic amines) is 1. The molecule has 1 aliphatic rings. The van der Waals surface area contributed by atoms with Crippen molar-refractivity contribution >= 4 is 15.9 Å². The van der Waals surface area contributed by atoms with Crippen molar-refractivity contribution in [1.29, 1.82) is 0 Å². The first-order chi connectivity index (χ1) is 8.72. The first-order valence-corrected chi connectivity index (χ1v) is 7.24. The average Bonchev–Trinajstić information content (AvgIpc) is 2.41. The maximum atomic E-state index is 5.29. The third-order valence-corrected chi connectivity index (χ3v) is 4.33. The van der Waals surface area contributed by atoms with Gasteiger partial charge in [0.2, 0.25) is 0 Å². The molecule has 3 nitrogen and oxygen atoms in total. The number of benzene rings is 1. The van der Waals surface area contributed by atoms with Crippen LogP contribution in [0.2, 0.25) is 0 Å². The zero-order chi connectivity index (χ0) is 13.0. The van der Waals surface area contributed by atoms with Gasteiger partial charge in [-0.2, -0.15) is 0 Å². The van der Waals surface area contributed by atoms with E-state index in [0.717, 1.165) is 23.3 Å². The predicted octanol–water partition coefficient (Wildman–Crippen LogP) is 2.64. The lowest BCUT2D eigenvalue weighted by atomic mass is 10.0. The first kappa shape index (κ1) is 13.8. The van der Waals surface area contributed by atoms with E-state index in [0.29, 0.717) is 6.04 Å². The van der Waals surface area contributed by atoms with E-state index in [4.69, 9.17) is 4.74 Å². The number of ether oxygens (including phenoxy) is 1. The number of methoxy groups -OCH3 is 1. The van der Waals surface area contributed by atoms with E-state index in [9.17, 15) is 0 Å². The van der Waals surface area contributed by atoms with E-state index in [1.807, 2.05) is 6.07 Å². The van der Waals surface area contributed by atoms with Crippen LogP contribution in [0, 0.1) is 0 Å². The molecule has 4 heteroatoms. The molecule has 0 spiro atoms. The van der Waals surface area contributed by atoms with Crippen molar-refractivity contribution in [2.24, 2.45) is 0 Å². The fourth-order valence-electron chi connectivity index (χ4n) is 2.47. The van der Waals surface area contributed by atoms with Gasteiger partial charge in [0.05, 0.1) is 7.11 Å². The topological polar surface area (TPSA) is 24.5 Å². The summed E-state index contributed by atoms with van der Waals surface area (Å²) in [5.74, 6) is 0.926.